The molecule has 1 aromatic heterocycles. The summed E-state index contributed by atoms with van der Waals surface area (Å²) in [6, 6.07) is 19.0. The van der Waals surface area contributed by atoms with Crippen LogP contribution in [0.5, 0.6) is 0 Å². The number of H-pyrrole nitrogens is 1. The number of nitrogens with one attached hydrogen (secondary N) is 7. The molecule has 0 spiro atoms. The second kappa shape index (κ2) is 44.2. The molecule has 112 heavy (non-hydrogen) atoms. The van der Waals surface area contributed by atoms with Gasteiger partial charge >= 0.3 is 18.2 Å². The van der Waals surface area contributed by atoms with Gasteiger partial charge in [-0.15, -0.1) is 11.8 Å². The van der Waals surface area contributed by atoms with Gasteiger partial charge in [-0.1, -0.05) is 161 Å². The number of carbonyl (C=O) groups is 12. The van der Waals surface area contributed by atoms with Crippen molar-refractivity contribution in [2.45, 2.75) is 170 Å². The van der Waals surface area contributed by atoms with Crippen LogP contribution >= 0.6 is 45.1 Å². The zero-order valence-electron chi connectivity index (χ0n) is 63.1. The largest absolute Gasteiger partial charge is 0.454 e. The lowest BCUT2D eigenvalue weighted by Crippen LogP contribution is -2.58. The smallest absolute Gasteiger partial charge is 0.411 e. The first kappa shape index (κ1) is 87.4. The van der Waals surface area contributed by atoms with Gasteiger partial charge < -0.3 is 71.5 Å². The van der Waals surface area contributed by atoms with Crippen molar-refractivity contribution in [2.75, 3.05) is 64.3 Å². The monoisotopic (exact) mass is 1620 g/mol. The average molecular weight is 1620 g/mol. The third-order valence-corrected chi connectivity index (χ3v) is 23.7. The Bertz CT molecular complexity index is 4200. The molecule has 3 aliphatic heterocycles. The van der Waals surface area contributed by atoms with Gasteiger partial charge in [0.05, 0.1) is 5.88 Å². The van der Waals surface area contributed by atoms with E-state index in [9.17, 15) is 57.5 Å². The molecule has 0 unspecified atom stereocenters. The fraction of sp³-hybridized carbons (Fsp3) is 0.493. The number of amides is 10. The van der Waals surface area contributed by atoms with Gasteiger partial charge in [-0.3, -0.25) is 48.1 Å². The van der Waals surface area contributed by atoms with Crippen LogP contribution in [0.15, 0.2) is 120 Å². The van der Waals surface area contributed by atoms with Crippen LogP contribution in [0.1, 0.15) is 114 Å². The summed E-state index contributed by atoms with van der Waals surface area (Å²) in [4.78, 5) is 184. The summed E-state index contributed by atoms with van der Waals surface area (Å²) >= 11 is 2.28. The van der Waals surface area contributed by atoms with Gasteiger partial charge in [0.1, 0.15) is 61.5 Å². The molecule has 600 valence electrons. The van der Waals surface area contributed by atoms with Crippen LogP contribution in [0.4, 0.5) is 21.0 Å². The minimum absolute atomic E-state index is 0.0173. The molecule has 10 amide bonds. The summed E-state index contributed by atoms with van der Waals surface area (Å²) in [7, 11) is 6.58. The second-order valence-electron chi connectivity index (χ2n) is 28.2. The number of ether oxygens (including phenoxy) is 3. The van der Waals surface area contributed by atoms with Crippen LogP contribution in [0.2, 0.25) is 0 Å². The number of benzene rings is 4. The van der Waals surface area contributed by atoms with E-state index in [1.807, 2.05) is 88.3 Å². The van der Waals surface area contributed by atoms with E-state index in [0.717, 1.165) is 28.2 Å². The Hall–Kier alpha value is -10.2. The highest BCUT2D eigenvalue weighted by Crippen LogP contribution is 2.36. The standard InChI is InChI=1S/C75H96N18O15S4/c1-75(2,3)112-111-44-59(85-73(104)107-40-47-25-29-51(30-26-47)86-88-77)68(99)81-55(22-12-14-34-90(4)5)67(98)84-58(37-50-39-80-54-20-10-9-19-53(50)54)72(103)106-42-63(94)91-35-16-24-61(91)70(101)82-56(21-11-13-33-79-69(100)62-45-109-46-93(62)74(105)108-41-48-27-31-52(32-28-48)87-89-78)66(97)83-57(71(102)92-36-15-23-60(92)65(76)96)38-64(95)110-43-49-17-7-6-8-18-49/h6-10,17-20,25-32,39,55-62,80H,11-16,21-24,33-38,40-46H2,1-5H3,(H2,76,96)(H,79,100)(H,81,99)(H,82,101)(H,83,97)(H,84,98)(H,85,104)/t55-,56-,57-,58-,59-,60-,61-,62-/m0/s1. The number of para-hydroxylation sites is 1. The highest BCUT2D eigenvalue weighted by Gasteiger charge is 2.42. The van der Waals surface area contributed by atoms with E-state index < -0.39 is 132 Å². The molecule has 3 saturated heterocycles. The van der Waals surface area contributed by atoms with E-state index in [1.165, 1.54) is 48.0 Å². The van der Waals surface area contributed by atoms with E-state index >= 15 is 0 Å². The molecule has 8 rings (SSSR count). The summed E-state index contributed by atoms with van der Waals surface area (Å²) in [5, 5.41) is 24.0. The van der Waals surface area contributed by atoms with Crippen molar-refractivity contribution in [3.8, 4) is 0 Å². The summed E-state index contributed by atoms with van der Waals surface area (Å²) in [5.41, 5.74) is 27.4. The zero-order chi connectivity index (χ0) is 80.7. The quantitative estimate of drug-likeness (QED) is 0.00346. The number of aromatic nitrogens is 1. The molecule has 4 heterocycles. The molecule has 0 radical (unpaired) electrons. The first-order chi connectivity index (χ1) is 53.8. The van der Waals surface area contributed by atoms with E-state index in [-0.39, 0.29) is 106 Å². The highest BCUT2D eigenvalue weighted by molar-refractivity contribution is 8.77. The molecular weight excluding hydrogens is 1520 g/mol. The Balaban J connectivity index is 0.970. The molecule has 0 bridgehead atoms. The van der Waals surface area contributed by atoms with Crippen molar-refractivity contribution < 1.29 is 71.7 Å². The van der Waals surface area contributed by atoms with Gasteiger partial charge in [0.25, 0.3) is 5.91 Å². The molecule has 3 aliphatic rings. The normalized spacial score (nSPS) is 16.6. The maximum Gasteiger partial charge on any atom is 0.411 e. The Morgan fingerprint density at radius 2 is 1.25 bits per heavy atom. The van der Waals surface area contributed by atoms with Crippen molar-refractivity contribution >= 4 is 138 Å². The third kappa shape index (κ3) is 27.6. The first-order valence-electron chi connectivity index (χ1n) is 36.7. The minimum Gasteiger partial charge on any atom is -0.454 e. The van der Waals surface area contributed by atoms with Crippen LogP contribution in [0.3, 0.4) is 0 Å². The van der Waals surface area contributed by atoms with E-state index in [2.05, 4.69) is 56.9 Å². The van der Waals surface area contributed by atoms with Gasteiger partial charge in [0.2, 0.25) is 41.4 Å². The number of azide groups is 2. The summed E-state index contributed by atoms with van der Waals surface area (Å²) < 4.78 is 16.6. The topological polar surface area (TPSA) is 457 Å². The summed E-state index contributed by atoms with van der Waals surface area (Å²) in [5.74, 6) is -6.22. The van der Waals surface area contributed by atoms with Crippen molar-refractivity contribution in [3.05, 3.63) is 152 Å². The van der Waals surface area contributed by atoms with E-state index in [4.69, 9.17) is 31.0 Å². The molecule has 0 saturated carbocycles. The van der Waals surface area contributed by atoms with Gasteiger partial charge in [0, 0.05) is 92.8 Å². The number of nitrogens with two attached hydrogens (primary N) is 1. The maximum absolute atomic E-state index is 14.9. The number of carbonyl (C=O) groups excluding carboxylic acids is 12. The predicted molar refractivity (Wildman–Crippen MR) is 427 cm³/mol. The average Bonchev–Trinajstić information content (AvgIpc) is 1.66. The van der Waals surface area contributed by atoms with Crippen LogP contribution in [0, 0.1) is 0 Å². The van der Waals surface area contributed by atoms with Crippen LogP contribution in [0.25, 0.3) is 31.8 Å². The molecule has 5 aromatic rings. The van der Waals surface area contributed by atoms with Crippen LogP contribution in [-0.4, -0.2) is 212 Å². The van der Waals surface area contributed by atoms with Gasteiger partial charge in [-0.05, 0) is 124 Å². The lowest BCUT2D eigenvalue weighted by Gasteiger charge is -2.30. The number of rotatable bonds is 40. The fourth-order valence-corrected chi connectivity index (χ4v) is 17.0. The van der Waals surface area contributed by atoms with Crippen molar-refractivity contribution in [2.24, 2.45) is 16.0 Å². The third-order valence-electron chi connectivity index (χ3n) is 18.3. The predicted octanol–water partition coefficient (Wildman–Crippen LogP) is 8.60. The number of likely N-dealkylation sites (tertiary alicyclic amines) is 2. The minimum atomic E-state index is -1.53. The SMILES string of the molecule is CN(C)CCCC[C@H](NC(=O)[C@H](CSSC(C)(C)C)NC(=O)OCc1ccc(N=[N+]=[N-])cc1)C(=O)N[C@@H](Cc1c[nH]c2ccccc12)C(=O)OCC(=O)N1CCC[C@H]1C(=O)N[C@@H](CCCCNC(=O)[C@@H]1CSCN1C(=O)OCc1ccc(N=[N+]=[N-])cc1)C(=O)N[C@@H](CC(=O)SCc1ccccc1)C(=O)N1CCC[C@H]1C(N)=O. The number of hydrogen-bond donors (Lipinski definition) is 8. The number of hydrogen-bond acceptors (Lipinski definition) is 22. The van der Waals surface area contributed by atoms with Gasteiger partial charge in [-0.25, -0.2) is 14.4 Å². The number of unbranched alkanes of at least 4 members (excludes halogenated alkanes) is 2. The maximum atomic E-state index is 14.9. The van der Waals surface area contributed by atoms with Crippen molar-refractivity contribution in [1.29, 1.82) is 0 Å². The van der Waals surface area contributed by atoms with E-state index in [0.29, 0.717) is 60.3 Å². The number of thioether (sulfide) groups is 2. The Morgan fingerprint density at radius 3 is 1.90 bits per heavy atom. The Labute approximate surface area is 664 Å². The highest BCUT2D eigenvalue weighted by atomic mass is 33.1. The van der Waals surface area contributed by atoms with Crippen LogP contribution < -0.4 is 37.6 Å². The number of aromatic amines is 1. The van der Waals surface area contributed by atoms with Crippen molar-refractivity contribution in [3.63, 3.8) is 0 Å². The number of fused-ring (bicyclic) bond motifs is 1. The van der Waals surface area contributed by atoms with Gasteiger partial charge in [-0.2, -0.15) is 0 Å². The zero-order valence-corrected chi connectivity index (χ0v) is 66.3. The first-order valence-corrected chi connectivity index (χ1v) is 41.2. The molecule has 3 fully saturated rings. The molecule has 8 atom stereocenters. The number of alkyl carbamates (subject to hydrolysis) is 1. The Kier molecular flexibility index (Phi) is 34.5. The molecular formula is C75H96N18O15S4. The molecule has 37 heteroatoms. The lowest BCUT2D eigenvalue weighted by molar-refractivity contribution is -0.155. The summed E-state index contributed by atoms with van der Waals surface area (Å²) in [6.07, 6.45) is 1.86. The lowest BCUT2D eigenvalue weighted by atomic mass is 10.0. The molecule has 33 nitrogen and oxygen atoms in total. The number of primary amides is 1. The van der Waals surface area contributed by atoms with Crippen molar-refractivity contribution in [1.82, 2.24) is 56.5 Å². The van der Waals surface area contributed by atoms with Gasteiger partial charge in [0.15, 0.2) is 11.7 Å². The Morgan fingerprint density at radius 1 is 0.652 bits per heavy atom. The molecule has 4 aromatic carbocycles. The fourth-order valence-electron chi connectivity index (χ4n) is 12.5. The summed E-state index contributed by atoms with van der Waals surface area (Å²) in [6.45, 7) is 5.57. The van der Waals surface area contributed by atoms with E-state index in [1.54, 1.807) is 60.8 Å². The molecule has 0 aliphatic carbocycles. The molecule has 9 N–H and O–H groups in total. The number of nitrogens with zero attached hydrogens (tertiary/aromatic N) is 10. The second-order valence-corrected chi connectivity index (χ2v) is 33.4. The van der Waals surface area contributed by atoms with Crippen LogP contribution in [-0.2, 0) is 87.5 Å². The number of esters is 1.